The molecule has 22 heavy (non-hydrogen) atoms. The van der Waals surface area contributed by atoms with Crippen LogP contribution in [-0.2, 0) is 29.2 Å². The Labute approximate surface area is 127 Å². The molecule has 0 radical (unpaired) electrons. The second-order valence-electron chi connectivity index (χ2n) is 6.34. The van der Waals surface area contributed by atoms with Gasteiger partial charge < -0.3 is 4.74 Å². The number of rotatable bonds is 6. The van der Waals surface area contributed by atoms with Crippen LogP contribution in [0.3, 0.4) is 0 Å². The van der Waals surface area contributed by atoms with Gasteiger partial charge in [-0.1, -0.05) is 13.8 Å². The Balaban J connectivity index is 2.10. The number of hydrogen-bond acceptors (Lipinski definition) is 6. The second kappa shape index (κ2) is 5.07. The van der Waals surface area contributed by atoms with Gasteiger partial charge in [0.2, 0.25) is 0 Å². The predicted octanol–water partition coefficient (Wildman–Crippen LogP) is 1.02. The fourth-order valence-corrected chi connectivity index (χ4v) is 5.00. The van der Waals surface area contributed by atoms with Crippen molar-refractivity contribution < 1.29 is 39.1 Å². The summed E-state index contributed by atoms with van der Waals surface area (Å²) >= 11 is 0. The zero-order valence-electron chi connectivity index (χ0n) is 12.1. The summed E-state index contributed by atoms with van der Waals surface area (Å²) in [6, 6.07) is 0. The molecule has 2 rings (SSSR count). The summed E-state index contributed by atoms with van der Waals surface area (Å²) in [7, 11) is -10.2. The first-order valence-corrected chi connectivity index (χ1v) is 9.60. The number of ether oxygens (including phenoxy) is 1. The molecule has 2 unspecified atom stereocenters. The fourth-order valence-electron chi connectivity index (χ4n) is 3.13. The zero-order valence-corrected chi connectivity index (χ0v) is 13.7. The van der Waals surface area contributed by atoms with E-state index >= 15 is 0 Å². The van der Waals surface area contributed by atoms with E-state index in [1.807, 2.05) is 13.8 Å². The van der Waals surface area contributed by atoms with Gasteiger partial charge in [0, 0.05) is 0 Å². The minimum atomic E-state index is -5.74. The van der Waals surface area contributed by atoms with Gasteiger partial charge in [-0.15, -0.1) is 0 Å². The third-order valence-electron chi connectivity index (χ3n) is 4.85. The molecule has 7 nitrogen and oxygen atoms in total. The van der Waals surface area contributed by atoms with Crippen LogP contribution >= 0.6 is 0 Å². The summed E-state index contributed by atoms with van der Waals surface area (Å²) in [5.41, 5.74) is -1.47. The lowest BCUT2D eigenvalue weighted by atomic mass is 9.76. The molecule has 2 fully saturated rings. The normalized spacial score (nSPS) is 31.6. The van der Waals surface area contributed by atoms with Crippen LogP contribution in [0.4, 0.5) is 8.78 Å². The molecule has 2 aliphatic rings. The van der Waals surface area contributed by atoms with E-state index < -0.39 is 48.9 Å². The Morgan fingerprint density at radius 1 is 1.32 bits per heavy atom. The SMILES string of the molecule is CC1(C)C2CCC1(CS(=O)(=O)OCC(F)(F)S(=O)(=O)O)OC2. The highest BCUT2D eigenvalue weighted by Gasteiger charge is 2.62. The van der Waals surface area contributed by atoms with Gasteiger partial charge in [0.15, 0.2) is 0 Å². The maximum Gasteiger partial charge on any atom is 0.393 e. The van der Waals surface area contributed by atoms with Crippen molar-refractivity contribution in [3.05, 3.63) is 0 Å². The molecule has 0 spiro atoms. The Bertz CT molecular complexity index is 646. The Morgan fingerprint density at radius 3 is 2.27 bits per heavy atom. The molecule has 0 aromatic heterocycles. The summed E-state index contributed by atoms with van der Waals surface area (Å²) in [4.78, 5) is 0. The molecule has 0 aromatic rings. The standard InChI is InChI=1S/C11H18F2O7S2/c1-9(2)8-3-4-10(9,19-5-8)7-21(14,15)20-6-11(12,13)22(16,17)18/h8H,3-7H2,1-2H3,(H,16,17,18). The molecular weight excluding hydrogens is 346 g/mol. The second-order valence-corrected chi connectivity index (χ2v) is 9.53. The molecule has 130 valence electrons. The summed E-state index contributed by atoms with van der Waals surface area (Å²) < 4.78 is 88.9. The maximum atomic E-state index is 13.1. The van der Waals surface area contributed by atoms with E-state index in [2.05, 4.69) is 4.18 Å². The van der Waals surface area contributed by atoms with E-state index in [1.54, 1.807) is 0 Å². The van der Waals surface area contributed by atoms with E-state index in [1.165, 1.54) is 0 Å². The van der Waals surface area contributed by atoms with Crippen LogP contribution in [0.2, 0.25) is 0 Å². The molecule has 0 aromatic carbocycles. The highest BCUT2D eigenvalue weighted by atomic mass is 32.2. The van der Waals surface area contributed by atoms with Gasteiger partial charge in [0.05, 0.1) is 12.2 Å². The molecule has 11 heteroatoms. The molecule has 2 atom stereocenters. The molecule has 1 aliphatic carbocycles. The van der Waals surface area contributed by atoms with Crippen LogP contribution in [0.5, 0.6) is 0 Å². The van der Waals surface area contributed by atoms with Crippen molar-refractivity contribution in [3.63, 3.8) is 0 Å². The molecule has 1 N–H and O–H groups in total. The summed E-state index contributed by atoms with van der Waals surface area (Å²) in [5.74, 6) is -0.452. The van der Waals surface area contributed by atoms with Crippen molar-refractivity contribution in [1.82, 2.24) is 0 Å². The molecule has 0 amide bonds. The van der Waals surface area contributed by atoms with E-state index in [-0.39, 0.29) is 5.92 Å². The quantitative estimate of drug-likeness (QED) is 0.554. The maximum absolute atomic E-state index is 13.1. The fraction of sp³-hybridized carbons (Fsp3) is 1.00. The summed E-state index contributed by atoms with van der Waals surface area (Å²) in [6.07, 6.45) is 1.23. The van der Waals surface area contributed by atoms with E-state index in [0.717, 1.165) is 6.42 Å². The van der Waals surface area contributed by atoms with Gasteiger partial charge in [-0.3, -0.25) is 8.74 Å². The highest BCUT2D eigenvalue weighted by Crippen LogP contribution is 2.58. The topological polar surface area (TPSA) is 107 Å². The average molecular weight is 364 g/mol. The molecule has 1 saturated carbocycles. The lowest BCUT2D eigenvalue weighted by Gasteiger charge is -2.35. The largest absolute Gasteiger partial charge is 0.393 e. The van der Waals surface area contributed by atoms with Crippen molar-refractivity contribution in [2.45, 2.75) is 37.5 Å². The lowest BCUT2D eigenvalue weighted by Crippen LogP contribution is -2.46. The first-order valence-electron chi connectivity index (χ1n) is 6.58. The number of alkyl halides is 2. The molecular formula is C11H18F2O7S2. The predicted molar refractivity (Wildman–Crippen MR) is 71.4 cm³/mol. The number of halogens is 2. The van der Waals surface area contributed by atoms with Crippen LogP contribution < -0.4 is 0 Å². The van der Waals surface area contributed by atoms with Crippen LogP contribution in [0.25, 0.3) is 0 Å². The lowest BCUT2D eigenvalue weighted by molar-refractivity contribution is -0.0355. The third-order valence-corrected chi connectivity index (χ3v) is 7.02. The molecule has 1 saturated heterocycles. The van der Waals surface area contributed by atoms with Gasteiger partial charge in [-0.2, -0.15) is 25.6 Å². The van der Waals surface area contributed by atoms with Gasteiger partial charge in [-0.25, -0.2) is 0 Å². The summed E-state index contributed by atoms with van der Waals surface area (Å²) in [5, 5.41) is -4.69. The monoisotopic (exact) mass is 364 g/mol. The van der Waals surface area contributed by atoms with Gasteiger partial charge >= 0.3 is 15.4 Å². The first-order chi connectivity index (χ1) is 9.73. The van der Waals surface area contributed by atoms with Crippen LogP contribution in [0.15, 0.2) is 0 Å². The minimum absolute atomic E-state index is 0.182. The molecule has 2 bridgehead atoms. The molecule has 1 heterocycles. The summed E-state index contributed by atoms with van der Waals surface area (Å²) in [6.45, 7) is 2.12. The average Bonchev–Trinajstić information content (AvgIpc) is 2.70. The van der Waals surface area contributed by atoms with Gasteiger partial charge in [-0.05, 0) is 24.2 Å². The van der Waals surface area contributed by atoms with Crippen molar-refractivity contribution >= 4 is 20.2 Å². The number of hydrogen-bond donors (Lipinski definition) is 1. The van der Waals surface area contributed by atoms with E-state index in [4.69, 9.17) is 9.29 Å². The van der Waals surface area contributed by atoms with E-state index in [0.29, 0.717) is 13.0 Å². The van der Waals surface area contributed by atoms with Crippen LogP contribution in [-0.4, -0.2) is 51.2 Å². The van der Waals surface area contributed by atoms with Crippen molar-refractivity contribution in [2.75, 3.05) is 19.0 Å². The van der Waals surface area contributed by atoms with Gasteiger partial charge in [0.25, 0.3) is 10.1 Å². The van der Waals surface area contributed by atoms with E-state index in [9.17, 15) is 25.6 Å². The minimum Gasteiger partial charge on any atom is -0.373 e. The van der Waals surface area contributed by atoms with Gasteiger partial charge in [0.1, 0.15) is 12.4 Å². The van der Waals surface area contributed by atoms with Crippen molar-refractivity contribution in [1.29, 1.82) is 0 Å². The smallest absolute Gasteiger partial charge is 0.373 e. The zero-order chi connectivity index (χ0) is 17.0. The Morgan fingerprint density at radius 2 is 1.91 bits per heavy atom. The number of fused-ring (bicyclic) bond motifs is 2. The van der Waals surface area contributed by atoms with Crippen LogP contribution in [0, 0.1) is 11.3 Å². The van der Waals surface area contributed by atoms with Crippen molar-refractivity contribution in [2.24, 2.45) is 11.3 Å². The van der Waals surface area contributed by atoms with Crippen LogP contribution in [0.1, 0.15) is 26.7 Å². The highest BCUT2D eigenvalue weighted by molar-refractivity contribution is 7.87. The first kappa shape index (κ1) is 18.0. The Kier molecular flexibility index (Phi) is 4.14. The molecule has 1 aliphatic heterocycles. The Hall–Kier alpha value is -0.360. The third kappa shape index (κ3) is 2.88. The van der Waals surface area contributed by atoms with Crippen molar-refractivity contribution in [3.8, 4) is 0 Å².